The van der Waals surface area contributed by atoms with E-state index < -0.39 is 0 Å². The molecule has 1 aromatic carbocycles. The van der Waals surface area contributed by atoms with Crippen LogP contribution in [0, 0.1) is 0 Å². The van der Waals surface area contributed by atoms with Gasteiger partial charge in [-0.25, -0.2) is 0 Å². The summed E-state index contributed by atoms with van der Waals surface area (Å²) in [6, 6.07) is 10.8. The maximum Gasteiger partial charge on any atom is 0.261 e. The van der Waals surface area contributed by atoms with Crippen LogP contribution < -0.4 is 5.32 Å². The molecule has 2 aromatic rings. The summed E-state index contributed by atoms with van der Waals surface area (Å²) in [7, 11) is 0. The lowest BCUT2D eigenvalue weighted by atomic mass is 9.88. The lowest BCUT2D eigenvalue weighted by Crippen LogP contribution is -2.30. The number of rotatable bonds is 2. The van der Waals surface area contributed by atoms with Gasteiger partial charge in [-0.1, -0.05) is 24.3 Å². The highest BCUT2D eigenvalue weighted by atomic mass is 32.1. The zero-order valence-corrected chi connectivity index (χ0v) is 12.8. The van der Waals surface area contributed by atoms with Crippen LogP contribution >= 0.6 is 11.3 Å². The minimum Gasteiger partial charge on any atom is -0.345 e. The van der Waals surface area contributed by atoms with Crippen LogP contribution in [0.25, 0.3) is 0 Å². The molecule has 0 saturated heterocycles. The minimum atomic E-state index is 0.108. The van der Waals surface area contributed by atoms with Crippen molar-refractivity contribution in [1.82, 2.24) is 5.32 Å². The number of aryl methyl sites for hydroxylation is 3. The number of nitrogens with one attached hydrogen (secondary N) is 1. The van der Waals surface area contributed by atoms with E-state index in [-0.39, 0.29) is 11.9 Å². The molecule has 1 atom stereocenters. The van der Waals surface area contributed by atoms with Gasteiger partial charge >= 0.3 is 0 Å². The van der Waals surface area contributed by atoms with Crippen LogP contribution in [-0.2, 0) is 19.3 Å². The summed E-state index contributed by atoms with van der Waals surface area (Å²) in [6.07, 6.45) is 6.89. The van der Waals surface area contributed by atoms with Crippen molar-refractivity contribution in [3.63, 3.8) is 0 Å². The predicted molar refractivity (Wildman–Crippen MR) is 85.9 cm³/mol. The number of hydrogen-bond acceptors (Lipinski definition) is 2. The standard InChI is InChI=1S/C18H19NOS/c20-18(17-11-13-7-4-10-16(13)21-17)19-15-9-3-6-12-5-1-2-8-14(12)15/h1-2,5,8,11,15H,3-4,6-7,9-10H2,(H,19,20). The van der Waals surface area contributed by atoms with Crippen LogP contribution in [0.2, 0.25) is 0 Å². The SMILES string of the molecule is O=C(NC1CCCc2ccccc21)c1cc2c(s1)CCC2. The normalized spacial score (nSPS) is 19.9. The Bertz CT molecular complexity index is 667. The van der Waals surface area contributed by atoms with Crippen LogP contribution in [0.3, 0.4) is 0 Å². The van der Waals surface area contributed by atoms with Crippen LogP contribution in [0.15, 0.2) is 30.3 Å². The Morgan fingerprint density at radius 3 is 2.86 bits per heavy atom. The van der Waals surface area contributed by atoms with Gasteiger partial charge in [-0.15, -0.1) is 11.3 Å². The van der Waals surface area contributed by atoms with Gasteiger partial charge in [0.1, 0.15) is 0 Å². The molecule has 1 amide bonds. The molecule has 2 aliphatic carbocycles. The smallest absolute Gasteiger partial charge is 0.261 e. The van der Waals surface area contributed by atoms with Crippen molar-refractivity contribution in [3.05, 3.63) is 56.8 Å². The summed E-state index contributed by atoms with van der Waals surface area (Å²) < 4.78 is 0. The first-order valence-corrected chi connectivity index (χ1v) is 8.63. The fraction of sp³-hybridized carbons (Fsp3) is 0.389. The van der Waals surface area contributed by atoms with Crippen molar-refractivity contribution < 1.29 is 4.79 Å². The molecule has 2 nitrogen and oxygen atoms in total. The lowest BCUT2D eigenvalue weighted by Gasteiger charge is -2.26. The van der Waals surface area contributed by atoms with Gasteiger partial charge < -0.3 is 5.32 Å². The van der Waals surface area contributed by atoms with Crippen molar-refractivity contribution in [1.29, 1.82) is 0 Å². The summed E-state index contributed by atoms with van der Waals surface area (Å²) >= 11 is 1.69. The average Bonchev–Trinajstić information content (AvgIpc) is 3.09. The molecule has 4 rings (SSSR count). The quantitative estimate of drug-likeness (QED) is 0.890. The first-order valence-electron chi connectivity index (χ1n) is 7.81. The summed E-state index contributed by atoms with van der Waals surface area (Å²) in [5.41, 5.74) is 4.10. The number of carbonyl (C=O) groups is 1. The Morgan fingerprint density at radius 1 is 1.10 bits per heavy atom. The van der Waals surface area contributed by atoms with E-state index in [1.807, 2.05) is 0 Å². The molecule has 0 fully saturated rings. The van der Waals surface area contributed by atoms with Gasteiger partial charge in [0.15, 0.2) is 0 Å². The molecule has 1 heterocycles. The molecule has 3 heteroatoms. The van der Waals surface area contributed by atoms with Gasteiger partial charge in [-0.3, -0.25) is 4.79 Å². The first kappa shape index (κ1) is 13.1. The second-order valence-electron chi connectivity index (χ2n) is 6.03. The van der Waals surface area contributed by atoms with E-state index in [1.54, 1.807) is 11.3 Å². The van der Waals surface area contributed by atoms with Crippen LogP contribution in [0.5, 0.6) is 0 Å². The summed E-state index contributed by atoms with van der Waals surface area (Å²) in [5.74, 6) is 0.108. The molecule has 1 N–H and O–H groups in total. The number of fused-ring (bicyclic) bond motifs is 2. The van der Waals surface area contributed by atoms with Crippen molar-refractivity contribution in [2.45, 2.75) is 44.6 Å². The largest absolute Gasteiger partial charge is 0.345 e. The number of amides is 1. The van der Waals surface area contributed by atoms with Crippen LogP contribution in [-0.4, -0.2) is 5.91 Å². The van der Waals surface area contributed by atoms with Gasteiger partial charge in [0.2, 0.25) is 0 Å². The summed E-state index contributed by atoms with van der Waals surface area (Å²) in [6.45, 7) is 0. The number of hydrogen-bond donors (Lipinski definition) is 1. The highest BCUT2D eigenvalue weighted by molar-refractivity contribution is 7.14. The van der Waals surface area contributed by atoms with E-state index >= 15 is 0 Å². The maximum atomic E-state index is 12.5. The number of thiophene rings is 1. The molecule has 0 spiro atoms. The topological polar surface area (TPSA) is 29.1 Å². The number of carbonyl (C=O) groups excluding carboxylic acids is 1. The minimum absolute atomic E-state index is 0.108. The average molecular weight is 297 g/mol. The van der Waals surface area contributed by atoms with Crippen LogP contribution in [0.4, 0.5) is 0 Å². The third-order valence-corrected chi connectivity index (χ3v) is 5.88. The second kappa shape index (κ2) is 5.30. The molecular weight excluding hydrogens is 278 g/mol. The van der Waals surface area contributed by atoms with Crippen molar-refractivity contribution in [2.75, 3.05) is 0 Å². The van der Waals surface area contributed by atoms with Crippen molar-refractivity contribution in [2.24, 2.45) is 0 Å². The molecule has 0 bridgehead atoms. The predicted octanol–water partition coefficient (Wildman–Crippen LogP) is 4.04. The fourth-order valence-electron chi connectivity index (χ4n) is 3.57. The maximum absolute atomic E-state index is 12.5. The molecule has 2 aliphatic rings. The third kappa shape index (κ3) is 2.40. The van der Waals surface area contributed by atoms with Crippen LogP contribution in [0.1, 0.15) is 56.5 Å². The second-order valence-corrected chi connectivity index (χ2v) is 7.17. The fourth-order valence-corrected chi connectivity index (χ4v) is 4.73. The Hall–Kier alpha value is -1.61. The van der Waals surface area contributed by atoms with Gasteiger partial charge in [0, 0.05) is 4.88 Å². The Morgan fingerprint density at radius 2 is 1.95 bits per heavy atom. The Kier molecular flexibility index (Phi) is 3.30. The molecule has 1 aromatic heterocycles. The third-order valence-electron chi connectivity index (χ3n) is 4.65. The highest BCUT2D eigenvalue weighted by Gasteiger charge is 2.24. The highest BCUT2D eigenvalue weighted by Crippen LogP contribution is 2.32. The van der Waals surface area contributed by atoms with Crippen molar-refractivity contribution >= 4 is 17.2 Å². The Balaban J connectivity index is 1.54. The van der Waals surface area contributed by atoms with E-state index in [0.717, 1.165) is 37.0 Å². The van der Waals surface area contributed by atoms with E-state index in [0.29, 0.717) is 0 Å². The zero-order valence-electron chi connectivity index (χ0n) is 12.0. The van der Waals surface area contributed by atoms with Gasteiger partial charge in [-0.2, -0.15) is 0 Å². The lowest BCUT2D eigenvalue weighted by molar-refractivity contribution is 0.0937. The molecule has 21 heavy (non-hydrogen) atoms. The summed E-state index contributed by atoms with van der Waals surface area (Å²) in [5, 5.41) is 3.25. The van der Waals surface area contributed by atoms with E-state index in [4.69, 9.17) is 0 Å². The van der Waals surface area contributed by atoms with Gasteiger partial charge in [0.05, 0.1) is 10.9 Å². The number of benzene rings is 1. The molecule has 0 saturated carbocycles. The van der Waals surface area contributed by atoms with Gasteiger partial charge in [-0.05, 0) is 61.3 Å². The molecule has 1 unspecified atom stereocenters. The molecule has 108 valence electrons. The monoisotopic (exact) mass is 297 g/mol. The van der Waals surface area contributed by atoms with E-state index in [1.165, 1.54) is 28.0 Å². The van der Waals surface area contributed by atoms with Gasteiger partial charge in [0.25, 0.3) is 5.91 Å². The molecule has 0 radical (unpaired) electrons. The first-order chi connectivity index (χ1) is 10.3. The van der Waals surface area contributed by atoms with E-state index in [9.17, 15) is 4.79 Å². The Labute approximate surface area is 129 Å². The van der Waals surface area contributed by atoms with E-state index in [2.05, 4.69) is 35.6 Å². The molecule has 0 aliphatic heterocycles. The zero-order chi connectivity index (χ0) is 14.2. The van der Waals surface area contributed by atoms with Crippen molar-refractivity contribution in [3.8, 4) is 0 Å². The summed E-state index contributed by atoms with van der Waals surface area (Å²) in [4.78, 5) is 14.8. The molecular formula is C18H19NOS.